The molecule has 2 aliphatic rings. The van der Waals surface area contributed by atoms with E-state index >= 15 is 0 Å². The van der Waals surface area contributed by atoms with Crippen LogP contribution in [-0.4, -0.2) is 175 Å². The summed E-state index contributed by atoms with van der Waals surface area (Å²) in [6, 6.07) is 34.9. The fourth-order valence-electron chi connectivity index (χ4n) is 14.4. The number of methoxy groups -OCH3 is 7. The number of aromatic nitrogens is 8. The third-order valence-corrected chi connectivity index (χ3v) is 23.4. The van der Waals surface area contributed by atoms with Crippen LogP contribution in [0.5, 0.6) is 40.2 Å². The Morgan fingerprint density at radius 2 is 0.828 bits per heavy atom. The third kappa shape index (κ3) is 24.2. The van der Waals surface area contributed by atoms with Crippen LogP contribution in [0.1, 0.15) is 84.7 Å². The molecule has 0 unspecified atom stereocenters. The number of nitrogens with one attached hydrogen (secondary N) is 6. The number of fused-ring (bicyclic) bond motifs is 8. The predicted molar refractivity (Wildman–Crippen MR) is 489 cm³/mol. The quantitative estimate of drug-likeness (QED) is 0.0229. The van der Waals surface area contributed by atoms with Crippen molar-refractivity contribution in [3.63, 3.8) is 0 Å². The maximum absolute atomic E-state index is 13.0. The topological polar surface area (TPSA) is 419 Å². The average molecular weight is 1790 g/mol. The van der Waals surface area contributed by atoms with Gasteiger partial charge >= 0.3 is 0 Å². The molecule has 2 aliphatic carbocycles. The fraction of sp³-hybridized carbons (Fsp3) is 0.341. The molecule has 8 amide bonds. The van der Waals surface area contributed by atoms with Gasteiger partial charge in [-0.05, 0) is 155 Å². The van der Waals surface area contributed by atoms with Gasteiger partial charge in [-0.3, -0.25) is 75.8 Å². The van der Waals surface area contributed by atoms with Crippen LogP contribution >= 0.6 is 22.7 Å². The molecular weight excluding hydrogens is 1690 g/mol. The minimum atomic E-state index is -0.376. The lowest BCUT2D eigenvalue weighted by atomic mass is 9.97. The van der Waals surface area contributed by atoms with Crippen molar-refractivity contribution in [1.29, 1.82) is 0 Å². The van der Waals surface area contributed by atoms with Crippen molar-refractivity contribution < 1.29 is 71.5 Å². The fourth-order valence-corrected chi connectivity index (χ4v) is 16.8. The van der Waals surface area contributed by atoms with E-state index < -0.39 is 0 Å². The Hall–Kier alpha value is -14.4. The van der Waals surface area contributed by atoms with E-state index in [4.69, 9.17) is 33.2 Å². The number of hydrogen-bond acceptors (Lipinski definition) is 25. The zero-order valence-electron chi connectivity index (χ0n) is 72.8. The van der Waals surface area contributed by atoms with Gasteiger partial charge in [-0.2, -0.15) is 0 Å². The van der Waals surface area contributed by atoms with Crippen molar-refractivity contribution >= 4 is 135 Å². The van der Waals surface area contributed by atoms with E-state index in [0.29, 0.717) is 102 Å². The highest BCUT2D eigenvalue weighted by atomic mass is 32.1. The summed E-state index contributed by atoms with van der Waals surface area (Å²) in [6.07, 6.45) is 14.1. The smallest absolute Gasteiger partial charge is 0.262 e. The number of rotatable bonds is 32. The number of para-hydroxylation sites is 2. The van der Waals surface area contributed by atoms with E-state index in [1.54, 1.807) is 159 Å². The molecule has 35 nitrogen and oxygen atoms in total. The lowest BCUT2D eigenvalue weighted by Gasteiger charge is -2.24. The second kappa shape index (κ2) is 45.5. The van der Waals surface area contributed by atoms with E-state index in [9.17, 15) is 57.5 Å². The Bertz CT molecular complexity index is 6320. The Balaban J connectivity index is 0.000000165. The van der Waals surface area contributed by atoms with E-state index in [1.165, 1.54) is 86.7 Å². The van der Waals surface area contributed by atoms with Crippen molar-refractivity contribution in [2.24, 2.45) is 0 Å². The number of nitrogens with zero attached hydrogens (tertiary/aromatic N) is 10. The number of benzene rings is 6. The average Bonchev–Trinajstić information content (AvgIpc) is 1.62. The summed E-state index contributed by atoms with van der Waals surface area (Å²) in [5.41, 5.74) is 5.78. The molecule has 0 spiro atoms. The van der Waals surface area contributed by atoms with Crippen LogP contribution in [0.4, 0.5) is 22.7 Å². The molecule has 0 fully saturated rings. The van der Waals surface area contributed by atoms with Crippen LogP contribution in [-0.2, 0) is 90.2 Å². The van der Waals surface area contributed by atoms with Gasteiger partial charge in [-0.25, -0.2) is 19.9 Å². The van der Waals surface area contributed by atoms with Crippen molar-refractivity contribution in [2.75, 3.05) is 110 Å². The van der Waals surface area contributed by atoms with Gasteiger partial charge in [0.25, 0.3) is 22.2 Å². The van der Waals surface area contributed by atoms with E-state index in [0.717, 1.165) is 77.7 Å². The monoisotopic (exact) mass is 1790 g/mol. The van der Waals surface area contributed by atoms with Crippen LogP contribution in [0.15, 0.2) is 166 Å². The molecule has 0 aliphatic heterocycles. The molecule has 6 aromatic carbocycles. The van der Waals surface area contributed by atoms with Gasteiger partial charge in [0.1, 0.15) is 64.6 Å². The van der Waals surface area contributed by atoms with Crippen molar-refractivity contribution in [3.8, 4) is 40.2 Å². The summed E-state index contributed by atoms with van der Waals surface area (Å²) >= 11 is 3.16. The maximum Gasteiger partial charge on any atom is 0.262 e. The van der Waals surface area contributed by atoms with Crippen LogP contribution in [0, 0.1) is 6.92 Å². The van der Waals surface area contributed by atoms with Crippen LogP contribution < -0.4 is 97.1 Å². The zero-order valence-corrected chi connectivity index (χ0v) is 74.4. The molecule has 0 saturated carbocycles. The molecule has 6 N–H and O–H groups in total. The number of ether oxygens (including phenoxy) is 7. The molecule has 0 bridgehead atoms. The van der Waals surface area contributed by atoms with Crippen molar-refractivity contribution in [1.82, 2.24) is 59.5 Å². The molecule has 6 heterocycles. The molecule has 0 atom stereocenters. The van der Waals surface area contributed by atoms with Gasteiger partial charge in [-0.15, -0.1) is 22.7 Å². The van der Waals surface area contributed by atoms with E-state index in [-0.39, 0.29) is 148 Å². The van der Waals surface area contributed by atoms with Gasteiger partial charge in [0.15, 0.2) is 11.5 Å². The lowest BCUT2D eigenvalue weighted by molar-refractivity contribution is -0.123. The summed E-state index contributed by atoms with van der Waals surface area (Å²) in [6.45, 7) is 4.19. The van der Waals surface area contributed by atoms with Crippen LogP contribution in [0.3, 0.4) is 0 Å². The predicted octanol–water partition coefficient (Wildman–Crippen LogP) is 8.85. The normalized spacial score (nSPS) is 11.7. The minimum Gasteiger partial charge on any atom is -0.497 e. The minimum absolute atomic E-state index is 0.0745. The molecule has 0 radical (unpaired) electrons. The second-order valence-corrected chi connectivity index (χ2v) is 31.6. The van der Waals surface area contributed by atoms with E-state index in [1.807, 2.05) is 32.0 Å². The first kappa shape index (κ1) is 94.3. The molecule has 37 heteroatoms. The summed E-state index contributed by atoms with van der Waals surface area (Å²) in [7, 11) is 12.4. The van der Waals surface area contributed by atoms with Gasteiger partial charge in [0.05, 0.1) is 125 Å². The molecule has 128 heavy (non-hydrogen) atoms. The number of thiophene rings is 2. The Morgan fingerprint density at radius 1 is 0.406 bits per heavy atom. The van der Waals surface area contributed by atoms with Crippen molar-refractivity contribution in [3.05, 3.63) is 214 Å². The summed E-state index contributed by atoms with van der Waals surface area (Å²) in [5, 5.41) is 18.5. The summed E-state index contributed by atoms with van der Waals surface area (Å²) < 4.78 is 41.9. The second-order valence-electron chi connectivity index (χ2n) is 29.5. The number of carbonyl (C=O) groups excluding carboxylic acids is 8. The van der Waals surface area contributed by atoms with Crippen LogP contribution in [0.25, 0.3) is 42.2 Å². The molecular formula is C91H102N16O19S2. The SMILES string of the molecule is CCN(C(=O)CCNC(=O)Cn1cnc2ccccc2c1=O)c1cc(OC)ccc1OC.COc1ccc(C)cc1N(C)C(=O)CCNC(=O)Cn1cnc2ccccc2c1=O.COc1ccc(NC(=O)CCNC(=O)Cn2cnc3sc4c(c3c2=O)CCCC4)c(OC)c1.COc1ccc(NC(=O)CCNC(=O)Cn2cnc3sc4c(c3c2=O)CCCC4)cc1OC. The Labute approximate surface area is 743 Å². The highest BCUT2D eigenvalue weighted by Gasteiger charge is 2.26. The highest BCUT2D eigenvalue weighted by molar-refractivity contribution is 7.19. The third-order valence-electron chi connectivity index (χ3n) is 21.0. The lowest BCUT2D eigenvalue weighted by Crippen LogP contribution is -2.37. The summed E-state index contributed by atoms with van der Waals surface area (Å²) in [4.78, 5) is 174. The Kier molecular flexibility index (Phi) is 33.5. The molecule has 0 saturated heterocycles. The maximum atomic E-state index is 13.0. The van der Waals surface area contributed by atoms with Crippen LogP contribution in [0.2, 0.25) is 0 Å². The summed E-state index contributed by atoms with van der Waals surface area (Å²) in [5.74, 6) is 1.61. The van der Waals surface area contributed by atoms with E-state index in [2.05, 4.69) is 51.8 Å². The number of amides is 8. The number of aryl methyl sites for hydroxylation is 5. The standard InChI is InChI=1S/2C23H26N4O5S.C23H26N4O5.C22H24N4O4/c1-31-14-7-8-16(17(11-14)32-2)26-19(28)9-10-24-20(29)12-27-13-25-22-21(23(27)30)15-5-3-4-6-18(15)33-22;1-31-16-8-7-14(11-17(16)32-2)26-19(28)9-10-24-20(29)12-27-13-25-22-21(23(27)30)15-5-3-4-6-18(15)33-22;1-4-27(19-13-16(31-2)9-10-20(19)32-3)22(29)11-12-24-21(28)14-26-15-25-18-8-6-5-7-17(18)23(26)30;1-15-8-9-19(30-3)18(12-15)25(2)21(28)10-11-23-20(27)13-26-14-24-17-7-5-4-6-16(17)22(26)29/h2*7-8,11,13H,3-6,9-10,12H2,1-2H3,(H,24,29)(H,26,28);5-10,13,15H,4,11-12,14H2,1-3H3,(H,24,28);4-9,12,14H,10-11,13H2,1-3H3,(H,23,27). The largest absolute Gasteiger partial charge is 0.497 e. The first-order chi connectivity index (χ1) is 61.9. The molecule has 12 aromatic rings. The number of anilines is 4. The zero-order chi connectivity index (χ0) is 91.5. The van der Waals surface area contributed by atoms with Gasteiger partial charge in [0, 0.05) is 99.1 Å². The first-order valence-electron chi connectivity index (χ1n) is 41.3. The highest BCUT2D eigenvalue weighted by Crippen LogP contribution is 2.37. The first-order valence-corrected chi connectivity index (χ1v) is 42.9. The Morgan fingerprint density at radius 3 is 1.32 bits per heavy atom. The molecule has 6 aromatic heterocycles. The molecule has 14 rings (SSSR count). The van der Waals surface area contributed by atoms with Crippen molar-refractivity contribution in [2.45, 2.75) is 117 Å². The van der Waals surface area contributed by atoms with Gasteiger partial charge < -0.3 is 74.9 Å². The van der Waals surface area contributed by atoms with Gasteiger partial charge in [-0.1, -0.05) is 30.3 Å². The molecule has 672 valence electrons. The number of hydrogen-bond donors (Lipinski definition) is 6. The van der Waals surface area contributed by atoms with Gasteiger partial charge in [0.2, 0.25) is 47.3 Å². The number of carbonyl (C=O) groups is 8.